The lowest BCUT2D eigenvalue weighted by Crippen LogP contribution is -2.45. The second-order valence-electron chi connectivity index (χ2n) is 6.51. The Morgan fingerprint density at radius 1 is 1.29 bits per heavy atom. The molecule has 1 aliphatic heterocycles. The van der Waals surface area contributed by atoms with Gasteiger partial charge in [0, 0.05) is 19.1 Å². The van der Waals surface area contributed by atoms with Gasteiger partial charge in [0.05, 0.1) is 6.10 Å². The number of nitrogens with zero attached hydrogens (tertiary/aromatic N) is 1. The van der Waals surface area contributed by atoms with Crippen molar-refractivity contribution in [2.45, 2.75) is 45.4 Å². The molecule has 0 spiro atoms. The molecule has 24 heavy (non-hydrogen) atoms. The van der Waals surface area contributed by atoms with Crippen LogP contribution in [0.3, 0.4) is 0 Å². The zero-order chi connectivity index (χ0) is 17.7. The Balaban J connectivity index is 2.03. The van der Waals surface area contributed by atoms with Crippen LogP contribution in [0, 0.1) is 12.8 Å². The van der Waals surface area contributed by atoms with Gasteiger partial charge in [-0.15, -0.1) is 0 Å². The van der Waals surface area contributed by atoms with Gasteiger partial charge in [0.15, 0.2) is 0 Å². The summed E-state index contributed by atoms with van der Waals surface area (Å²) in [7, 11) is 0. The fourth-order valence-electron chi connectivity index (χ4n) is 2.98. The summed E-state index contributed by atoms with van der Waals surface area (Å²) < 4.78 is 44.0. The summed E-state index contributed by atoms with van der Waals surface area (Å²) in [5.41, 5.74) is 2.03. The van der Waals surface area contributed by atoms with Crippen molar-refractivity contribution < 1.29 is 22.7 Å². The Morgan fingerprint density at radius 2 is 1.96 bits per heavy atom. The number of hydrogen-bond acceptors (Lipinski definition) is 2. The summed E-state index contributed by atoms with van der Waals surface area (Å²) in [4.78, 5) is 13.5. The lowest BCUT2D eigenvalue weighted by molar-refractivity contribution is -0.166. The van der Waals surface area contributed by atoms with Crippen molar-refractivity contribution in [3.05, 3.63) is 35.4 Å². The van der Waals surface area contributed by atoms with Crippen molar-refractivity contribution in [3.8, 4) is 0 Å². The maximum absolute atomic E-state index is 12.9. The van der Waals surface area contributed by atoms with Crippen molar-refractivity contribution >= 4 is 5.91 Å². The van der Waals surface area contributed by atoms with E-state index < -0.39 is 18.6 Å². The van der Waals surface area contributed by atoms with E-state index in [1.54, 1.807) is 0 Å². The Labute approximate surface area is 140 Å². The highest BCUT2D eigenvalue weighted by molar-refractivity contribution is 5.79. The van der Waals surface area contributed by atoms with Crippen LogP contribution in [0.25, 0.3) is 0 Å². The van der Waals surface area contributed by atoms with Gasteiger partial charge in [-0.25, -0.2) is 0 Å². The number of amides is 1. The maximum atomic E-state index is 12.9. The Bertz CT molecular complexity index is 542. The molecule has 2 atom stereocenters. The van der Waals surface area contributed by atoms with Crippen LogP contribution < -0.4 is 0 Å². The molecule has 0 saturated carbocycles. The number of ether oxygens (including phenoxy) is 1. The number of hydrogen-bond donors (Lipinski definition) is 0. The Kier molecular flexibility index (Phi) is 6.27. The molecule has 1 aliphatic rings. The van der Waals surface area contributed by atoms with E-state index in [9.17, 15) is 18.0 Å². The minimum atomic E-state index is -4.39. The lowest BCUT2D eigenvalue weighted by Gasteiger charge is -2.32. The van der Waals surface area contributed by atoms with Crippen LogP contribution in [0.1, 0.15) is 30.9 Å². The number of alkyl halides is 3. The van der Waals surface area contributed by atoms with Crippen LogP contribution in [0.5, 0.6) is 0 Å². The van der Waals surface area contributed by atoms with Crippen LogP contribution in [0.15, 0.2) is 24.3 Å². The van der Waals surface area contributed by atoms with Crippen LogP contribution >= 0.6 is 0 Å². The highest BCUT2D eigenvalue weighted by Crippen LogP contribution is 2.25. The third-order valence-electron chi connectivity index (χ3n) is 4.31. The molecule has 134 valence electrons. The molecule has 1 heterocycles. The molecule has 0 unspecified atom stereocenters. The Morgan fingerprint density at radius 3 is 2.54 bits per heavy atom. The monoisotopic (exact) mass is 343 g/mol. The summed E-state index contributed by atoms with van der Waals surface area (Å²) in [6.45, 7) is 3.11. The van der Waals surface area contributed by atoms with Gasteiger partial charge in [-0.05, 0) is 38.7 Å². The molecule has 0 bridgehead atoms. The van der Waals surface area contributed by atoms with E-state index >= 15 is 0 Å². The summed E-state index contributed by atoms with van der Waals surface area (Å²) in [5, 5.41) is 0. The fourth-order valence-corrected chi connectivity index (χ4v) is 2.98. The molecular formula is C18H24F3NO2. The minimum absolute atomic E-state index is 0.0765. The van der Waals surface area contributed by atoms with E-state index in [0.29, 0.717) is 25.9 Å². The third-order valence-corrected chi connectivity index (χ3v) is 4.31. The number of carbonyl (C=O) groups excluding carboxylic acids is 1. The van der Waals surface area contributed by atoms with Crippen LogP contribution in [0.2, 0.25) is 0 Å². The second-order valence-corrected chi connectivity index (χ2v) is 6.51. The van der Waals surface area contributed by atoms with E-state index in [1.165, 1.54) is 0 Å². The van der Waals surface area contributed by atoms with Gasteiger partial charge in [0.1, 0.15) is 6.54 Å². The van der Waals surface area contributed by atoms with Crippen LogP contribution in [-0.2, 0) is 16.0 Å². The first kappa shape index (κ1) is 18.8. The van der Waals surface area contributed by atoms with Gasteiger partial charge in [0.2, 0.25) is 5.91 Å². The SMILES string of the molecule is Cc1ccc(CCN(CC(F)(F)F)C(=O)[C@@H]2CCO[C@H](C)C2)cc1. The average molecular weight is 343 g/mol. The molecule has 0 N–H and O–H groups in total. The average Bonchev–Trinajstić information content (AvgIpc) is 2.51. The highest BCUT2D eigenvalue weighted by Gasteiger charge is 2.36. The molecule has 1 aromatic rings. The zero-order valence-corrected chi connectivity index (χ0v) is 14.1. The molecule has 1 saturated heterocycles. The number of rotatable bonds is 5. The third kappa shape index (κ3) is 5.82. The fraction of sp³-hybridized carbons (Fsp3) is 0.611. The lowest BCUT2D eigenvalue weighted by atomic mass is 9.94. The number of benzene rings is 1. The number of aryl methyl sites for hydroxylation is 1. The van der Waals surface area contributed by atoms with Gasteiger partial charge in [-0.2, -0.15) is 13.2 Å². The van der Waals surface area contributed by atoms with E-state index in [1.807, 2.05) is 38.1 Å². The predicted octanol–water partition coefficient (Wildman–Crippen LogP) is 3.74. The molecule has 0 radical (unpaired) electrons. The first-order chi connectivity index (χ1) is 11.2. The Hall–Kier alpha value is -1.56. The number of carbonyl (C=O) groups is 1. The molecule has 0 aliphatic carbocycles. The van der Waals surface area contributed by atoms with Gasteiger partial charge in [0.25, 0.3) is 0 Å². The van der Waals surface area contributed by atoms with Crippen molar-refractivity contribution in [2.24, 2.45) is 5.92 Å². The topological polar surface area (TPSA) is 29.5 Å². The quantitative estimate of drug-likeness (QED) is 0.815. The standard InChI is InChI=1S/C18H24F3NO2/c1-13-3-5-15(6-4-13)7-9-22(12-18(19,20)21)17(23)16-8-10-24-14(2)11-16/h3-6,14,16H,7-12H2,1-2H3/t14-,16-/m1/s1. The van der Waals surface area contributed by atoms with Crippen molar-refractivity contribution in [1.29, 1.82) is 0 Å². The van der Waals surface area contributed by atoms with Crippen LogP contribution in [0.4, 0.5) is 13.2 Å². The van der Waals surface area contributed by atoms with Crippen molar-refractivity contribution in [2.75, 3.05) is 19.7 Å². The van der Waals surface area contributed by atoms with Gasteiger partial charge >= 0.3 is 6.18 Å². The largest absolute Gasteiger partial charge is 0.406 e. The molecule has 1 aromatic carbocycles. The molecule has 6 heteroatoms. The molecule has 2 rings (SSSR count). The minimum Gasteiger partial charge on any atom is -0.378 e. The smallest absolute Gasteiger partial charge is 0.378 e. The summed E-state index contributed by atoms with van der Waals surface area (Å²) >= 11 is 0. The highest BCUT2D eigenvalue weighted by atomic mass is 19.4. The zero-order valence-electron chi connectivity index (χ0n) is 14.1. The van der Waals surface area contributed by atoms with E-state index in [-0.39, 0.29) is 18.6 Å². The molecule has 3 nitrogen and oxygen atoms in total. The van der Waals surface area contributed by atoms with E-state index in [2.05, 4.69) is 0 Å². The van der Waals surface area contributed by atoms with Gasteiger partial charge < -0.3 is 9.64 Å². The van der Waals surface area contributed by atoms with Gasteiger partial charge in [-0.3, -0.25) is 4.79 Å². The summed E-state index contributed by atoms with van der Waals surface area (Å²) in [6, 6.07) is 7.63. The molecule has 1 amide bonds. The van der Waals surface area contributed by atoms with Crippen LogP contribution in [-0.4, -0.2) is 42.8 Å². The predicted molar refractivity (Wildman–Crippen MR) is 85.7 cm³/mol. The van der Waals surface area contributed by atoms with Gasteiger partial charge in [-0.1, -0.05) is 29.8 Å². The molecule has 1 fully saturated rings. The molecule has 0 aromatic heterocycles. The van der Waals surface area contributed by atoms with Crippen molar-refractivity contribution in [1.82, 2.24) is 4.90 Å². The van der Waals surface area contributed by atoms with Crippen molar-refractivity contribution in [3.63, 3.8) is 0 Å². The second kappa shape index (κ2) is 8.01. The molecular weight excluding hydrogens is 319 g/mol. The van der Waals surface area contributed by atoms with E-state index in [0.717, 1.165) is 16.0 Å². The summed E-state index contributed by atoms with van der Waals surface area (Å²) in [5.74, 6) is -0.788. The van der Waals surface area contributed by atoms with E-state index in [4.69, 9.17) is 4.74 Å². The first-order valence-electron chi connectivity index (χ1n) is 8.27. The first-order valence-corrected chi connectivity index (χ1v) is 8.27. The number of halogens is 3. The normalized spacial score (nSPS) is 21.5. The maximum Gasteiger partial charge on any atom is 0.406 e. The summed E-state index contributed by atoms with van der Waals surface area (Å²) in [6.07, 6.45) is -3.09.